The van der Waals surface area contributed by atoms with Crippen molar-refractivity contribution in [2.45, 2.75) is 6.42 Å². The predicted octanol–water partition coefficient (Wildman–Crippen LogP) is 3.02. The lowest BCUT2D eigenvalue weighted by Gasteiger charge is -2.26. The van der Waals surface area contributed by atoms with Gasteiger partial charge in [0, 0.05) is 42.5 Å². The van der Waals surface area contributed by atoms with Crippen molar-refractivity contribution in [3.8, 4) is 0 Å². The molecule has 0 unspecified atom stereocenters. The van der Waals surface area contributed by atoms with Crippen molar-refractivity contribution in [3.63, 3.8) is 0 Å². The zero-order valence-electron chi connectivity index (χ0n) is 16.3. The van der Waals surface area contributed by atoms with Gasteiger partial charge >= 0.3 is 0 Å². The van der Waals surface area contributed by atoms with Gasteiger partial charge in [0.1, 0.15) is 0 Å². The summed E-state index contributed by atoms with van der Waals surface area (Å²) >= 11 is 0. The molecule has 0 atom stereocenters. The summed E-state index contributed by atoms with van der Waals surface area (Å²) in [6, 6.07) is 14.8. The molecule has 0 spiro atoms. The van der Waals surface area contributed by atoms with Crippen LogP contribution in [-0.4, -0.2) is 60.2 Å². The smallest absolute Gasteiger partial charge is 0.255 e. The molecule has 7 heteroatoms. The Balaban J connectivity index is 1.32. The van der Waals surface area contributed by atoms with Crippen LogP contribution >= 0.6 is 0 Å². The van der Waals surface area contributed by atoms with Crippen LogP contribution < -0.4 is 10.6 Å². The number of morpholine rings is 1. The normalized spacial score (nSPS) is 14.6. The van der Waals surface area contributed by atoms with Gasteiger partial charge in [0.05, 0.1) is 18.7 Å². The first kappa shape index (κ1) is 19.3. The highest BCUT2D eigenvalue weighted by molar-refractivity contribution is 6.05. The number of carbonyl (C=O) groups is 1. The van der Waals surface area contributed by atoms with Crippen LogP contribution in [0, 0.1) is 0 Å². The number of anilines is 2. The van der Waals surface area contributed by atoms with E-state index >= 15 is 0 Å². The van der Waals surface area contributed by atoms with Gasteiger partial charge in [-0.1, -0.05) is 18.2 Å². The zero-order valence-corrected chi connectivity index (χ0v) is 16.3. The van der Waals surface area contributed by atoms with Gasteiger partial charge in [-0.05, 0) is 43.3 Å². The van der Waals surface area contributed by atoms with Crippen LogP contribution in [-0.2, 0) is 4.74 Å². The Labute approximate surface area is 170 Å². The summed E-state index contributed by atoms with van der Waals surface area (Å²) in [5.74, 6) is 0.491. The number of rotatable bonds is 7. The van der Waals surface area contributed by atoms with Gasteiger partial charge in [-0.3, -0.25) is 9.69 Å². The predicted molar refractivity (Wildman–Crippen MR) is 114 cm³/mol. The fourth-order valence-corrected chi connectivity index (χ4v) is 3.32. The number of carbonyl (C=O) groups excluding carboxylic acids is 1. The van der Waals surface area contributed by atoms with E-state index < -0.39 is 0 Å². The molecule has 0 saturated carbocycles. The Hall–Kier alpha value is -3.03. The molecule has 1 aliphatic rings. The van der Waals surface area contributed by atoms with Crippen molar-refractivity contribution in [3.05, 3.63) is 60.3 Å². The standard InChI is InChI=1S/C22H25N5O2/c28-21(17-5-2-1-3-6-17)25-19-7-8-20-18(15-19)16-24-22(26-20)23-9-4-10-27-11-13-29-14-12-27/h1-3,5-8,15-16H,4,9-14H2,(H,25,28)(H,23,24,26). The number of hydrogen-bond acceptors (Lipinski definition) is 6. The molecule has 2 N–H and O–H groups in total. The molecule has 2 heterocycles. The van der Waals surface area contributed by atoms with Crippen molar-refractivity contribution < 1.29 is 9.53 Å². The van der Waals surface area contributed by atoms with Gasteiger partial charge in [-0.2, -0.15) is 0 Å². The Morgan fingerprint density at radius 1 is 1.10 bits per heavy atom. The second-order valence-corrected chi connectivity index (χ2v) is 7.02. The van der Waals surface area contributed by atoms with Crippen molar-refractivity contribution >= 4 is 28.4 Å². The summed E-state index contributed by atoms with van der Waals surface area (Å²) in [5.41, 5.74) is 2.19. The van der Waals surface area contributed by atoms with Crippen LogP contribution in [0.15, 0.2) is 54.7 Å². The summed E-state index contributed by atoms with van der Waals surface area (Å²) in [5, 5.41) is 7.09. The maximum atomic E-state index is 12.3. The molecule has 150 valence electrons. The third-order valence-corrected chi connectivity index (χ3v) is 4.91. The minimum atomic E-state index is -0.135. The molecule has 7 nitrogen and oxygen atoms in total. The van der Waals surface area contributed by atoms with E-state index in [1.54, 1.807) is 18.3 Å². The number of aromatic nitrogens is 2. The van der Waals surface area contributed by atoms with Crippen LogP contribution in [0.3, 0.4) is 0 Å². The van der Waals surface area contributed by atoms with Crippen LogP contribution in [0.4, 0.5) is 11.6 Å². The van der Waals surface area contributed by atoms with E-state index in [0.29, 0.717) is 11.5 Å². The van der Waals surface area contributed by atoms with Crippen LogP contribution in [0.5, 0.6) is 0 Å². The molecule has 2 aromatic carbocycles. The Kier molecular flexibility index (Phi) is 6.29. The van der Waals surface area contributed by atoms with E-state index in [2.05, 4.69) is 25.5 Å². The molecule has 0 radical (unpaired) electrons. The van der Waals surface area contributed by atoms with Gasteiger partial charge in [0.15, 0.2) is 0 Å². The molecule has 4 rings (SSSR count). The van der Waals surface area contributed by atoms with E-state index in [0.717, 1.165) is 62.4 Å². The molecule has 1 amide bonds. The lowest BCUT2D eigenvalue weighted by atomic mass is 10.2. The topological polar surface area (TPSA) is 79.4 Å². The Morgan fingerprint density at radius 3 is 2.76 bits per heavy atom. The average molecular weight is 391 g/mol. The number of nitrogens with one attached hydrogen (secondary N) is 2. The molecular formula is C22H25N5O2. The summed E-state index contributed by atoms with van der Waals surface area (Å²) < 4.78 is 5.37. The van der Waals surface area contributed by atoms with Gasteiger partial charge in [0.2, 0.25) is 5.95 Å². The van der Waals surface area contributed by atoms with Gasteiger partial charge in [-0.25, -0.2) is 9.97 Å². The zero-order chi connectivity index (χ0) is 19.9. The average Bonchev–Trinajstić information content (AvgIpc) is 2.78. The molecule has 0 bridgehead atoms. The molecule has 1 saturated heterocycles. The summed E-state index contributed by atoms with van der Waals surface area (Å²) in [7, 11) is 0. The fourth-order valence-electron chi connectivity index (χ4n) is 3.32. The molecule has 0 aliphatic carbocycles. The summed E-state index contributed by atoms with van der Waals surface area (Å²) in [4.78, 5) is 23.7. The number of benzene rings is 2. The van der Waals surface area contributed by atoms with Crippen molar-refractivity contribution in [1.29, 1.82) is 0 Å². The molecule has 1 fully saturated rings. The van der Waals surface area contributed by atoms with Gasteiger partial charge in [-0.15, -0.1) is 0 Å². The fraction of sp³-hybridized carbons (Fsp3) is 0.318. The van der Waals surface area contributed by atoms with Crippen LogP contribution in [0.25, 0.3) is 10.9 Å². The van der Waals surface area contributed by atoms with Gasteiger partial charge < -0.3 is 15.4 Å². The molecule has 29 heavy (non-hydrogen) atoms. The van der Waals surface area contributed by atoms with Crippen molar-refractivity contribution in [1.82, 2.24) is 14.9 Å². The Morgan fingerprint density at radius 2 is 1.93 bits per heavy atom. The number of amides is 1. The first-order valence-electron chi connectivity index (χ1n) is 9.95. The summed E-state index contributed by atoms with van der Waals surface area (Å²) in [6.07, 6.45) is 2.82. The van der Waals surface area contributed by atoms with E-state index in [4.69, 9.17) is 4.74 Å². The number of hydrogen-bond donors (Lipinski definition) is 2. The molecule has 1 aliphatic heterocycles. The third kappa shape index (κ3) is 5.28. The third-order valence-electron chi connectivity index (χ3n) is 4.91. The lowest BCUT2D eigenvalue weighted by Crippen LogP contribution is -2.37. The molecule has 1 aromatic heterocycles. The minimum absolute atomic E-state index is 0.135. The van der Waals surface area contributed by atoms with E-state index in [1.807, 2.05) is 36.4 Å². The number of fused-ring (bicyclic) bond motifs is 1. The first-order valence-corrected chi connectivity index (χ1v) is 9.95. The monoisotopic (exact) mass is 391 g/mol. The second kappa shape index (κ2) is 9.45. The highest BCUT2D eigenvalue weighted by Crippen LogP contribution is 2.19. The summed E-state index contributed by atoms with van der Waals surface area (Å²) in [6.45, 7) is 5.55. The minimum Gasteiger partial charge on any atom is -0.379 e. The lowest BCUT2D eigenvalue weighted by molar-refractivity contribution is 0.0378. The second-order valence-electron chi connectivity index (χ2n) is 7.02. The Bertz CT molecular complexity index is 958. The van der Waals surface area contributed by atoms with Gasteiger partial charge in [0.25, 0.3) is 5.91 Å². The van der Waals surface area contributed by atoms with Crippen molar-refractivity contribution in [2.24, 2.45) is 0 Å². The molecular weight excluding hydrogens is 366 g/mol. The van der Waals surface area contributed by atoms with E-state index in [1.165, 1.54) is 0 Å². The maximum absolute atomic E-state index is 12.3. The number of nitrogens with zero attached hydrogens (tertiary/aromatic N) is 3. The first-order chi connectivity index (χ1) is 14.3. The molecule has 3 aromatic rings. The van der Waals surface area contributed by atoms with Crippen LogP contribution in [0.2, 0.25) is 0 Å². The quantitative estimate of drug-likeness (QED) is 0.603. The van der Waals surface area contributed by atoms with E-state index in [9.17, 15) is 4.79 Å². The highest BCUT2D eigenvalue weighted by atomic mass is 16.5. The number of ether oxygens (including phenoxy) is 1. The SMILES string of the molecule is O=C(Nc1ccc2nc(NCCCN3CCOCC3)ncc2c1)c1ccccc1. The highest BCUT2D eigenvalue weighted by Gasteiger charge is 2.10. The maximum Gasteiger partial charge on any atom is 0.255 e. The largest absolute Gasteiger partial charge is 0.379 e. The van der Waals surface area contributed by atoms with Crippen LogP contribution in [0.1, 0.15) is 16.8 Å². The van der Waals surface area contributed by atoms with E-state index in [-0.39, 0.29) is 5.91 Å². The van der Waals surface area contributed by atoms with Crippen molar-refractivity contribution in [2.75, 3.05) is 50.0 Å².